The molecular weight excluding hydrogens is 386 g/mol. The van der Waals surface area contributed by atoms with E-state index in [0.717, 1.165) is 11.6 Å². The van der Waals surface area contributed by atoms with Crippen molar-refractivity contribution < 1.29 is 0 Å². The van der Waals surface area contributed by atoms with Crippen LogP contribution in [0.2, 0.25) is 0 Å². The van der Waals surface area contributed by atoms with Crippen LogP contribution in [0.15, 0.2) is 47.7 Å². The molecule has 1 unspecified atom stereocenters. The number of hydrogen-bond donors (Lipinski definition) is 0. The SMILES string of the molecule is CC.CC1=Cc2cc3cnc(C4=CCC5C(=C4)CCC5(C)C)cc3cc2CCC1.CCC. The summed E-state index contributed by atoms with van der Waals surface area (Å²) in [4.78, 5) is 4.84. The fraction of sp³-hybridized carbons (Fsp3) is 0.516. The summed E-state index contributed by atoms with van der Waals surface area (Å²) in [6, 6.07) is 7.04. The number of allylic oxidation sites excluding steroid dienone is 5. The molecule has 3 aliphatic carbocycles. The quantitative estimate of drug-likeness (QED) is 0.439. The minimum Gasteiger partial charge on any atom is -0.256 e. The van der Waals surface area contributed by atoms with Gasteiger partial charge in [-0.1, -0.05) is 83.4 Å². The summed E-state index contributed by atoms with van der Waals surface area (Å²) in [6.07, 6.45) is 17.9. The zero-order valence-corrected chi connectivity index (χ0v) is 21.5. The lowest BCUT2D eigenvalue weighted by molar-refractivity contribution is 0.283. The minimum atomic E-state index is 0.452. The molecule has 1 fully saturated rings. The Kier molecular flexibility index (Phi) is 8.15. The van der Waals surface area contributed by atoms with Crippen LogP contribution in [0, 0.1) is 11.3 Å². The number of rotatable bonds is 1. The summed E-state index contributed by atoms with van der Waals surface area (Å²) in [5, 5.41) is 2.59. The van der Waals surface area contributed by atoms with Gasteiger partial charge in [-0.05, 0) is 91.0 Å². The van der Waals surface area contributed by atoms with Gasteiger partial charge >= 0.3 is 0 Å². The molecule has 1 aromatic heterocycles. The van der Waals surface area contributed by atoms with Crippen LogP contribution in [-0.4, -0.2) is 4.98 Å². The zero-order chi connectivity index (χ0) is 23.3. The molecular formula is C31H43N. The van der Waals surface area contributed by atoms with Crippen LogP contribution in [0.5, 0.6) is 0 Å². The molecule has 5 rings (SSSR count). The molecule has 3 aliphatic rings. The first-order valence-electron chi connectivity index (χ1n) is 12.9. The molecule has 0 aliphatic heterocycles. The molecule has 1 atom stereocenters. The van der Waals surface area contributed by atoms with Gasteiger partial charge in [-0.25, -0.2) is 0 Å². The van der Waals surface area contributed by atoms with E-state index in [4.69, 9.17) is 4.98 Å². The second-order valence-corrected chi connectivity index (χ2v) is 10.2. The molecule has 0 spiro atoms. The van der Waals surface area contributed by atoms with Gasteiger partial charge in [-0.2, -0.15) is 0 Å². The van der Waals surface area contributed by atoms with Gasteiger partial charge in [0.05, 0.1) is 5.69 Å². The standard InChI is InChI=1S/C26H29N.C3H8.C2H6/c1-17-5-4-6-18-12-22-15-25(27-16-23(22)14-21(18)11-17)20-7-8-24-19(13-20)9-10-26(24,2)3;1-3-2;1-2/h7,11-16,24H,4-6,8-10H2,1-3H3;3H2,1-2H3;1-2H3. The number of aromatic nitrogens is 1. The van der Waals surface area contributed by atoms with Gasteiger partial charge in [-0.3, -0.25) is 4.98 Å². The average molecular weight is 430 g/mol. The molecule has 1 heteroatoms. The summed E-state index contributed by atoms with van der Waals surface area (Å²) in [5.74, 6) is 0.729. The van der Waals surface area contributed by atoms with Gasteiger partial charge < -0.3 is 0 Å². The summed E-state index contributed by atoms with van der Waals surface area (Å²) in [7, 11) is 0. The third-order valence-electron chi connectivity index (χ3n) is 7.06. The van der Waals surface area contributed by atoms with Crippen LogP contribution in [-0.2, 0) is 6.42 Å². The number of nitrogens with zero attached hydrogens (tertiary/aromatic N) is 1. The second-order valence-electron chi connectivity index (χ2n) is 10.2. The molecule has 0 bridgehead atoms. The summed E-state index contributed by atoms with van der Waals surface area (Å²) in [5.41, 5.74) is 8.93. The molecule has 1 nitrogen and oxygen atoms in total. The Bertz CT molecular complexity index is 1030. The Morgan fingerprint density at radius 3 is 2.47 bits per heavy atom. The third kappa shape index (κ3) is 5.25. The Labute approximate surface area is 196 Å². The fourth-order valence-corrected chi connectivity index (χ4v) is 5.30. The highest BCUT2D eigenvalue weighted by molar-refractivity contribution is 5.89. The van der Waals surface area contributed by atoms with Crippen molar-refractivity contribution >= 4 is 22.4 Å². The molecule has 0 amide bonds. The van der Waals surface area contributed by atoms with Crippen molar-refractivity contribution in [2.45, 2.75) is 93.4 Å². The molecule has 2 aromatic rings. The van der Waals surface area contributed by atoms with E-state index in [-0.39, 0.29) is 0 Å². The molecule has 1 saturated carbocycles. The maximum Gasteiger partial charge on any atom is 0.0705 e. The van der Waals surface area contributed by atoms with Crippen LogP contribution in [0.25, 0.3) is 22.4 Å². The van der Waals surface area contributed by atoms with E-state index >= 15 is 0 Å². The van der Waals surface area contributed by atoms with Gasteiger partial charge in [0.1, 0.15) is 0 Å². The van der Waals surface area contributed by atoms with E-state index in [9.17, 15) is 0 Å². The van der Waals surface area contributed by atoms with E-state index in [0.29, 0.717) is 5.41 Å². The summed E-state index contributed by atoms with van der Waals surface area (Å²) < 4.78 is 0. The molecule has 32 heavy (non-hydrogen) atoms. The van der Waals surface area contributed by atoms with Crippen molar-refractivity contribution in [3.63, 3.8) is 0 Å². The highest BCUT2D eigenvalue weighted by Gasteiger charge is 2.38. The van der Waals surface area contributed by atoms with Gasteiger partial charge in [0.2, 0.25) is 0 Å². The first-order chi connectivity index (χ1) is 15.4. The predicted molar refractivity (Wildman–Crippen MR) is 143 cm³/mol. The minimum absolute atomic E-state index is 0.452. The molecule has 172 valence electrons. The second kappa shape index (κ2) is 10.6. The van der Waals surface area contributed by atoms with Crippen LogP contribution in [0.3, 0.4) is 0 Å². The van der Waals surface area contributed by atoms with Crippen LogP contribution < -0.4 is 0 Å². The highest BCUT2D eigenvalue weighted by Crippen LogP contribution is 2.50. The molecule has 1 heterocycles. The van der Waals surface area contributed by atoms with Crippen LogP contribution >= 0.6 is 0 Å². The van der Waals surface area contributed by atoms with Crippen LogP contribution in [0.1, 0.15) is 104 Å². The molecule has 0 radical (unpaired) electrons. The van der Waals surface area contributed by atoms with Gasteiger partial charge in [0.25, 0.3) is 0 Å². The van der Waals surface area contributed by atoms with Crippen molar-refractivity contribution in [1.82, 2.24) is 4.98 Å². The highest BCUT2D eigenvalue weighted by atomic mass is 14.7. The number of aryl methyl sites for hydroxylation is 1. The normalized spacial score (nSPS) is 20.8. The topological polar surface area (TPSA) is 12.9 Å². The van der Waals surface area contributed by atoms with Gasteiger partial charge in [0, 0.05) is 11.6 Å². The van der Waals surface area contributed by atoms with Crippen molar-refractivity contribution in [3.05, 3.63) is 64.5 Å². The number of hydrogen-bond acceptors (Lipinski definition) is 1. The predicted octanol–water partition coefficient (Wildman–Crippen LogP) is 9.57. The Hall–Kier alpha value is -2.15. The summed E-state index contributed by atoms with van der Waals surface area (Å²) >= 11 is 0. The Morgan fingerprint density at radius 1 is 0.969 bits per heavy atom. The van der Waals surface area contributed by atoms with E-state index < -0.39 is 0 Å². The monoisotopic (exact) mass is 429 g/mol. The lowest BCUT2D eigenvalue weighted by Crippen LogP contribution is -2.19. The van der Waals surface area contributed by atoms with Crippen LogP contribution in [0.4, 0.5) is 0 Å². The number of fused-ring (bicyclic) bond motifs is 3. The first kappa shape index (κ1) is 24.5. The largest absolute Gasteiger partial charge is 0.256 e. The number of benzene rings is 1. The van der Waals surface area contributed by atoms with Crippen molar-refractivity contribution in [1.29, 1.82) is 0 Å². The maximum atomic E-state index is 4.84. The van der Waals surface area contributed by atoms with Gasteiger partial charge in [0.15, 0.2) is 0 Å². The van der Waals surface area contributed by atoms with E-state index in [2.05, 4.69) is 77.2 Å². The fourth-order valence-electron chi connectivity index (χ4n) is 5.30. The maximum absolute atomic E-state index is 4.84. The van der Waals surface area contributed by atoms with Gasteiger partial charge in [-0.15, -0.1) is 0 Å². The lowest BCUT2D eigenvalue weighted by atomic mass is 9.76. The smallest absolute Gasteiger partial charge is 0.0705 e. The Balaban J connectivity index is 0.000000536. The lowest BCUT2D eigenvalue weighted by Gasteiger charge is -2.29. The molecule has 0 N–H and O–H groups in total. The van der Waals surface area contributed by atoms with E-state index in [1.807, 2.05) is 13.8 Å². The molecule has 1 aromatic carbocycles. The third-order valence-corrected chi connectivity index (χ3v) is 7.06. The van der Waals surface area contributed by atoms with Crippen molar-refractivity contribution in [2.75, 3.05) is 0 Å². The van der Waals surface area contributed by atoms with Crippen molar-refractivity contribution in [3.8, 4) is 0 Å². The zero-order valence-electron chi connectivity index (χ0n) is 21.5. The Morgan fingerprint density at radius 2 is 1.72 bits per heavy atom. The van der Waals surface area contributed by atoms with E-state index in [1.165, 1.54) is 78.0 Å². The number of pyridine rings is 1. The summed E-state index contributed by atoms with van der Waals surface area (Å²) in [6.45, 7) is 15.3. The molecule has 0 saturated heterocycles. The first-order valence-corrected chi connectivity index (χ1v) is 12.9. The van der Waals surface area contributed by atoms with Crippen molar-refractivity contribution in [2.24, 2.45) is 11.3 Å². The van der Waals surface area contributed by atoms with E-state index in [1.54, 1.807) is 5.57 Å². The average Bonchev–Trinajstić information content (AvgIpc) is 2.97.